The SMILES string of the molecule is NC(O)C1C=CC(C2NC3CC(CCc4ccc(F)cc4)C(C4CC4)CC3N2)C1. The summed E-state index contributed by atoms with van der Waals surface area (Å²) in [5.74, 6) is 2.82. The lowest BCUT2D eigenvalue weighted by Crippen LogP contribution is -2.44. The molecule has 5 N–H and O–H groups in total. The number of nitrogens with two attached hydrogens (primary N) is 1. The number of nitrogens with one attached hydrogen (secondary N) is 2. The molecule has 2 saturated carbocycles. The van der Waals surface area contributed by atoms with E-state index in [9.17, 15) is 9.50 Å². The number of hydrogen-bond acceptors (Lipinski definition) is 4. The molecule has 29 heavy (non-hydrogen) atoms. The second-order valence-electron chi connectivity index (χ2n) is 9.86. The summed E-state index contributed by atoms with van der Waals surface area (Å²) in [5.41, 5.74) is 6.94. The van der Waals surface area contributed by atoms with Gasteiger partial charge < -0.3 is 10.8 Å². The monoisotopic (exact) mass is 399 g/mol. The number of hydrogen-bond donors (Lipinski definition) is 4. The fourth-order valence-corrected chi connectivity index (χ4v) is 6.13. The average Bonchev–Trinajstić information content (AvgIpc) is 3.27. The molecule has 4 nitrogen and oxygen atoms in total. The van der Waals surface area contributed by atoms with Crippen molar-refractivity contribution in [2.24, 2.45) is 35.3 Å². The molecule has 1 aromatic carbocycles. The Morgan fingerprint density at radius 3 is 2.41 bits per heavy atom. The minimum atomic E-state index is -0.755. The molecule has 0 bridgehead atoms. The van der Waals surface area contributed by atoms with Gasteiger partial charge in [0.25, 0.3) is 0 Å². The van der Waals surface area contributed by atoms with E-state index < -0.39 is 6.23 Å². The molecule has 0 amide bonds. The molecule has 4 aliphatic rings. The first-order valence-electron chi connectivity index (χ1n) is 11.5. The second-order valence-corrected chi connectivity index (χ2v) is 9.86. The van der Waals surface area contributed by atoms with Crippen molar-refractivity contribution in [3.05, 3.63) is 47.8 Å². The molecule has 1 aromatic rings. The van der Waals surface area contributed by atoms with Gasteiger partial charge in [-0.1, -0.05) is 24.3 Å². The van der Waals surface area contributed by atoms with Crippen LogP contribution in [0.5, 0.6) is 0 Å². The van der Waals surface area contributed by atoms with Crippen molar-refractivity contribution >= 4 is 0 Å². The molecule has 3 aliphatic carbocycles. The highest BCUT2D eigenvalue weighted by Gasteiger charge is 2.48. The molecular formula is C24H34FN3O. The highest BCUT2D eigenvalue weighted by Crippen LogP contribution is 2.49. The molecule has 0 aromatic heterocycles. The van der Waals surface area contributed by atoms with Gasteiger partial charge in [-0.15, -0.1) is 0 Å². The molecule has 5 rings (SSSR count). The first-order valence-corrected chi connectivity index (χ1v) is 11.5. The van der Waals surface area contributed by atoms with E-state index in [1.165, 1.54) is 37.7 Å². The molecule has 8 unspecified atom stereocenters. The number of aliphatic hydroxyl groups is 1. The molecule has 5 heteroatoms. The van der Waals surface area contributed by atoms with Crippen molar-refractivity contribution < 1.29 is 9.50 Å². The molecule has 158 valence electrons. The lowest BCUT2D eigenvalue weighted by atomic mass is 9.70. The standard InChI is InChI=1S/C24H34FN3O/c25-19-9-2-14(3-10-19)1-4-16-12-21-22(13-20(16)15-5-6-15)28-24(27-21)18-8-7-17(11-18)23(26)29/h2-3,7-10,15-18,20-24,27-29H,1,4-6,11-13,26H2. The van der Waals surface area contributed by atoms with Crippen LogP contribution in [0.25, 0.3) is 0 Å². The molecule has 3 fully saturated rings. The van der Waals surface area contributed by atoms with Gasteiger partial charge in [0.1, 0.15) is 12.0 Å². The zero-order valence-electron chi connectivity index (χ0n) is 17.0. The van der Waals surface area contributed by atoms with Crippen LogP contribution in [0.1, 0.15) is 44.1 Å². The molecule has 1 aliphatic heterocycles. The first kappa shape index (κ1) is 19.7. The summed E-state index contributed by atoms with van der Waals surface area (Å²) < 4.78 is 13.2. The summed E-state index contributed by atoms with van der Waals surface area (Å²) in [6.07, 6.45) is 12.3. The Labute approximate surface area is 173 Å². The van der Waals surface area contributed by atoms with Crippen LogP contribution < -0.4 is 16.4 Å². The Hall–Kier alpha value is -1.27. The van der Waals surface area contributed by atoms with Gasteiger partial charge in [-0.25, -0.2) is 4.39 Å². The van der Waals surface area contributed by atoms with Crippen molar-refractivity contribution in [3.63, 3.8) is 0 Å². The third-order valence-electron chi connectivity index (χ3n) is 7.92. The number of fused-ring (bicyclic) bond motifs is 1. The third-order valence-corrected chi connectivity index (χ3v) is 7.92. The van der Waals surface area contributed by atoms with Crippen LogP contribution in [0, 0.1) is 35.4 Å². The number of aryl methyl sites for hydroxylation is 1. The number of benzene rings is 1. The molecule has 1 heterocycles. The number of rotatable bonds is 6. The van der Waals surface area contributed by atoms with E-state index in [0.717, 1.165) is 30.6 Å². The lowest BCUT2D eigenvalue weighted by molar-refractivity contribution is 0.129. The zero-order chi connectivity index (χ0) is 20.0. The second kappa shape index (κ2) is 8.10. The highest BCUT2D eigenvalue weighted by atomic mass is 19.1. The lowest BCUT2D eigenvalue weighted by Gasteiger charge is -2.38. The maximum absolute atomic E-state index is 13.2. The van der Waals surface area contributed by atoms with Crippen LogP contribution in [0.3, 0.4) is 0 Å². The molecule has 0 radical (unpaired) electrons. The minimum Gasteiger partial charge on any atom is -0.378 e. The van der Waals surface area contributed by atoms with E-state index in [1.807, 2.05) is 12.1 Å². The van der Waals surface area contributed by atoms with E-state index in [1.54, 1.807) is 12.1 Å². The summed E-state index contributed by atoms with van der Waals surface area (Å²) in [5, 5.41) is 17.4. The Balaban J connectivity index is 1.21. The van der Waals surface area contributed by atoms with Crippen molar-refractivity contribution in [1.82, 2.24) is 10.6 Å². The average molecular weight is 400 g/mol. The fourth-order valence-electron chi connectivity index (χ4n) is 6.13. The van der Waals surface area contributed by atoms with E-state index >= 15 is 0 Å². The maximum Gasteiger partial charge on any atom is 0.123 e. The van der Waals surface area contributed by atoms with Gasteiger partial charge in [0.15, 0.2) is 0 Å². The van der Waals surface area contributed by atoms with Crippen LogP contribution in [-0.4, -0.2) is 29.6 Å². The maximum atomic E-state index is 13.2. The summed E-state index contributed by atoms with van der Waals surface area (Å²) >= 11 is 0. The predicted molar refractivity (Wildman–Crippen MR) is 112 cm³/mol. The van der Waals surface area contributed by atoms with Crippen LogP contribution in [0.15, 0.2) is 36.4 Å². The van der Waals surface area contributed by atoms with Gasteiger partial charge in [0, 0.05) is 23.9 Å². The van der Waals surface area contributed by atoms with Crippen molar-refractivity contribution in [1.29, 1.82) is 0 Å². The number of aliphatic hydroxyl groups excluding tert-OH is 1. The zero-order valence-corrected chi connectivity index (χ0v) is 17.0. The first-order chi connectivity index (χ1) is 14.1. The van der Waals surface area contributed by atoms with Gasteiger partial charge in [0.2, 0.25) is 0 Å². The van der Waals surface area contributed by atoms with Crippen LogP contribution in [0.2, 0.25) is 0 Å². The molecule has 8 atom stereocenters. The summed E-state index contributed by atoms with van der Waals surface area (Å²) in [4.78, 5) is 0. The minimum absolute atomic E-state index is 0.0777. The van der Waals surface area contributed by atoms with Gasteiger partial charge in [0.05, 0.1) is 6.17 Å². The third kappa shape index (κ3) is 4.29. The van der Waals surface area contributed by atoms with Gasteiger partial charge >= 0.3 is 0 Å². The summed E-state index contributed by atoms with van der Waals surface area (Å²) in [7, 11) is 0. The quantitative estimate of drug-likeness (QED) is 0.439. The molecule has 1 saturated heterocycles. The summed E-state index contributed by atoms with van der Waals surface area (Å²) in [6.45, 7) is 0. The van der Waals surface area contributed by atoms with Crippen molar-refractivity contribution in [2.75, 3.05) is 0 Å². The van der Waals surface area contributed by atoms with Gasteiger partial charge in [-0.3, -0.25) is 10.6 Å². The van der Waals surface area contributed by atoms with Crippen LogP contribution in [0.4, 0.5) is 4.39 Å². The number of halogens is 1. The Bertz CT molecular complexity index is 732. The Morgan fingerprint density at radius 1 is 1.03 bits per heavy atom. The van der Waals surface area contributed by atoms with Gasteiger partial charge in [-0.05, 0) is 80.4 Å². The van der Waals surface area contributed by atoms with Crippen LogP contribution in [-0.2, 0) is 6.42 Å². The van der Waals surface area contributed by atoms with E-state index in [-0.39, 0.29) is 11.7 Å². The largest absolute Gasteiger partial charge is 0.378 e. The Morgan fingerprint density at radius 2 is 1.76 bits per heavy atom. The van der Waals surface area contributed by atoms with E-state index in [4.69, 9.17) is 5.73 Å². The highest BCUT2D eigenvalue weighted by molar-refractivity contribution is 5.17. The summed E-state index contributed by atoms with van der Waals surface area (Å²) in [6, 6.07) is 8.13. The Kier molecular flexibility index (Phi) is 5.50. The molecular weight excluding hydrogens is 365 g/mol. The van der Waals surface area contributed by atoms with E-state index in [2.05, 4.69) is 22.8 Å². The van der Waals surface area contributed by atoms with Crippen LogP contribution >= 0.6 is 0 Å². The fraction of sp³-hybridized carbons (Fsp3) is 0.667. The smallest absolute Gasteiger partial charge is 0.123 e. The molecule has 0 spiro atoms. The van der Waals surface area contributed by atoms with Gasteiger partial charge in [-0.2, -0.15) is 0 Å². The van der Waals surface area contributed by atoms with Crippen molar-refractivity contribution in [3.8, 4) is 0 Å². The predicted octanol–water partition coefficient (Wildman–Crippen LogP) is 2.92. The normalized spacial score (nSPS) is 40.2. The van der Waals surface area contributed by atoms with E-state index in [0.29, 0.717) is 24.2 Å². The van der Waals surface area contributed by atoms with Crippen molar-refractivity contribution in [2.45, 2.75) is 69.4 Å². The topological polar surface area (TPSA) is 70.3 Å².